The second kappa shape index (κ2) is 7.41. The van der Waals surface area contributed by atoms with Crippen molar-refractivity contribution in [3.63, 3.8) is 0 Å². The molecule has 0 saturated carbocycles. The standard InChI is InChI=1S/C14H19NO4/c1-4-12(14(17)18-3)15-13(16)10-7-6-8-11(9-10)19-5-2/h6-9,12H,4-5H2,1-3H3,(H,15,16). The average molecular weight is 265 g/mol. The van der Waals surface area contributed by atoms with Gasteiger partial charge in [0, 0.05) is 5.56 Å². The average Bonchev–Trinajstić information content (AvgIpc) is 2.44. The van der Waals surface area contributed by atoms with Gasteiger partial charge in [-0.15, -0.1) is 0 Å². The van der Waals surface area contributed by atoms with Gasteiger partial charge in [0.2, 0.25) is 0 Å². The zero-order valence-corrected chi connectivity index (χ0v) is 11.4. The summed E-state index contributed by atoms with van der Waals surface area (Å²) < 4.78 is 9.95. The zero-order valence-electron chi connectivity index (χ0n) is 11.4. The van der Waals surface area contributed by atoms with Crippen molar-refractivity contribution < 1.29 is 19.1 Å². The Kier molecular flexibility index (Phi) is 5.85. The molecular weight excluding hydrogens is 246 g/mol. The topological polar surface area (TPSA) is 64.6 Å². The lowest BCUT2D eigenvalue weighted by Crippen LogP contribution is -2.41. The van der Waals surface area contributed by atoms with E-state index in [2.05, 4.69) is 10.1 Å². The van der Waals surface area contributed by atoms with Crippen LogP contribution in [0.2, 0.25) is 0 Å². The lowest BCUT2D eigenvalue weighted by Gasteiger charge is -2.14. The molecule has 1 aromatic rings. The maximum absolute atomic E-state index is 12.0. The van der Waals surface area contributed by atoms with Crippen molar-refractivity contribution in [3.05, 3.63) is 29.8 Å². The van der Waals surface area contributed by atoms with E-state index in [1.165, 1.54) is 7.11 Å². The minimum absolute atomic E-state index is 0.321. The molecule has 1 unspecified atom stereocenters. The van der Waals surface area contributed by atoms with E-state index in [4.69, 9.17) is 4.74 Å². The van der Waals surface area contributed by atoms with Crippen LogP contribution in [0.25, 0.3) is 0 Å². The van der Waals surface area contributed by atoms with Crippen LogP contribution in [0, 0.1) is 0 Å². The first-order valence-electron chi connectivity index (χ1n) is 6.23. The SMILES string of the molecule is CCOc1cccc(C(=O)NC(CC)C(=O)OC)c1. The molecule has 5 nitrogen and oxygen atoms in total. The minimum Gasteiger partial charge on any atom is -0.494 e. The molecule has 0 bridgehead atoms. The molecule has 1 rings (SSSR count). The summed E-state index contributed by atoms with van der Waals surface area (Å²) in [5.41, 5.74) is 0.452. The molecule has 0 aliphatic carbocycles. The summed E-state index contributed by atoms with van der Waals surface area (Å²) in [5, 5.41) is 2.63. The van der Waals surface area contributed by atoms with Gasteiger partial charge >= 0.3 is 5.97 Å². The molecule has 1 aromatic carbocycles. The second-order valence-corrected chi connectivity index (χ2v) is 3.92. The molecule has 0 aliphatic rings. The molecule has 0 aliphatic heterocycles. The third kappa shape index (κ3) is 4.28. The van der Waals surface area contributed by atoms with Gasteiger partial charge in [-0.1, -0.05) is 13.0 Å². The van der Waals surface area contributed by atoms with Crippen LogP contribution in [0.15, 0.2) is 24.3 Å². The number of methoxy groups -OCH3 is 1. The fraction of sp³-hybridized carbons (Fsp3) is 0.429. The van der Waals surface area contributed by atoms with Gasteiger partial charge < -0.3 is 14.8 Å². The van der Waals surface area contributed by atoms with Gasteiger partial charge in [0.1, 0.15) is 11.8 Å². The van der Waals surface area contributed by atoms with Crippen molar-refractivity contribution in [2.24, 2.45) is 0 Å². The Balaban J connectivity index is 2.76. The number of hydrogen-bond donors (Lipinski definition) is 1. The number of amides is 1. The van der Waals surface area contributed by atoms with Gasteiger partial charge in [0.15, 0.2) is 0 Å². The molecule has 1 amide bonds. The lowest BCUT2D eigenvalue weighted by atomic mass is 10.1. The van der Waals surface area contributed by atoms with Crippen LogP contribution < -0.4 is 10.1 Å². The number of ether oxygens (including phenoxy) is 2. The van der Waals surface area contributed by atoms with Crippen molar-refractivity contribution in [1.82, 2.24) is 5.32 Å². The van der Waals surface area contributed by atoms with Crippen LogP contribution in [0.5, 0.6) is 5.75 Å². The van der Waals surface area contributed by atoms with E-state index in [9.17, 15) is 9.59 Å². The van der Waals surface area contributed by atoms with Gasteiger partial charge in [-0.3, -0.25) is 4.79 Å². The quantitative estimate of drug-likeness (QED) is 0.796. The van der Waals surface area contributed by atoms with Crippen LogP contribution >= 0.6 is 0 Å². The number of carbonyl (C=O) groups excluding carboxylic acids is 2. The van der Waals surface area contributed by atoms with E-state index >= 15 is 0 Å². The summed E-state index contributed by atoms with van der Waals surface area (Å²) in [5.74, 6) is -0.142. The van der Waals surface area contributed by atoms with Crippen molar-refractivity contribution >= 4 is 11.9 Å². The largest absolute Gasteiger partial charge is 0.494 e. The van der Waals surface area contributed by atoms with Gasteiger partial charge in [-0.2, -0.15) is 0 Å². The van der Waals surface area contributed by atoms with E-state index in [0.717, 1.165) is 0 Å². The third-order valence-corrected chi connectivity index (χ3v) is 2.61. The van der Waals surface area contributed by atoms with Crippen molar-refractivity contribution in [2.75, 3.05) is 13.7 Å². The minimum atomic E-state index is -0.631. The summed E-state index contributed by atoms with van der Waals surface area (Å²) in [7, 11) is 1.30. The Morgan fingerprint density at radius 2 is 2.05 bits per heavy atom. The molecule has 0 aromatic heterocycles. The van der Waals surface area contributed by atoms with Gasteiger partial charge in [-0.05, 0) is 31.5 Å². The number of hydrogen-bond acceptors (Lipinski definition) is 4. The predicted octanol–water partition coefficient (Wildman–Crippen LogP) is 1.77. The first-order chi connectivity index (χ1) is 9.12. The van der Waals surface area contributed by atoms with Gasteiger partial charge in [0.25, 0.3) is 5.91 Å². The maximum atomic E-state index is 12.0. The third-order valence-electron chi connectivity index (χ3n) is 2.61. The van der Waals surface area contributed by atoms with Crippen LogP contribution in [-0.2, 0) is 9.53 Å². The Bertz CT molecular complexity index is 445. The molecule has 0 spiro atoms. The second-order valence-electron chi connectivity index (χ2n) is 3.92. The summed E-state index contributed by atoms with van der Waals surface area (Å²) >= 11 is 0. The van der Waals surface area contributed by atoms with Crippen molar-refractivity contribution in [1.29, 1.82) is 0 Å². The highest BCUT2D eigenvalue weighted by molar-refractivity contribution is 5.97. The van der Waals surface area contributed by atoms with Crippen LogP contribution in [0.1, 0.15) is 30.6 Å². The fourth-order valence-electron chi connectivity index (χ4n) is 1.61. The molecule has 0 radical (unpaired) electrons. The first kappa shape index (κ1) is 15.0. The van der Waals surface area contributed by atoms with E-state index < -0.39 is 12.0 Å². The normalized spacial score (nSPS) is 11.5. The highest BCUT2D eigenvalue weighted by Gasteiger charge is 2.20. The fourth-order valence-corrected chi connectivity index (χ4v) is 1.61. The predicted molar refractivity (Wildman–Crippen MR) is 71.2 cm³/mol. The van der Waals surface area contributed by atoms with Crippen LogP contribution in [0.4, 0.5) is 0 Å². The van der Waals surface area contributed by atoms with Crippen molar-refractivity contribution in [2.45, 2.75) is 26.3 Å². The highest BCUT2D eigenvalue weighted by Crippen LogP contribution is 2.13. The van der Waals surface area contributed by atoms with Gasteiger partial charge in [0.05, 0.1) is 13.7 Å². The number of rotatable bonds is 6. The molecule has 0 heterocycles. The molecule has 19 heavy (non-hydrogen) atoms. The summed E-state index contributed by atoms with van der Waals surface area (Å²) in [6, 6.07) is 6.19. The van der Waals surface area contributed by atoms with E-state index in [1.54, 1.807) is 31.2 Å². The molecule has 0 saturated heterocycles. The Morgan fingerprint density at radius 1 is 1.32 bits per heavy atom. The Labute approximate surface area is 112 Å². The molecule has 1 N–H and O–H groups in total. The monoisotopic (exact) mass is 265 g/mol. The zero-order chi connectivity index (χ0) is 14.3. The Morgan fingerprint density at radius 3 is 2.63 bits per heavy atom. The summed E-state index contributed by atoms with van der Waals surface area (Å²) in [4.78, 5) is 23.4. The molecule has 5 heteroatoms. The van der Waals surface area contributed by atoms with Crippen LogP contribution in [-0.4, -0.2) is 31.6 Å². The number of carbonyl (C=O) groups is 2. The summed E-state index contributed by atoms with van der Waals surface area (Å²) in [6.45, 7) is 4.21. The van der Waals surface area contributed by atoms with E-state index in [1.807, 2.05) is 6.92 Å². The molecule has 0 fully saturated rings. The van der Waals surface area contributed by atoms with Crippen LogP contribution in [0.3, 0.4) is 0 Å². The van der Waals surface area contributed by atoms with E-state index in [-0.39, 0.29) is 5.91 Å². The number of esters is 1. The molecule has 104 valence electrons. The smallest absolute Gasteiger partial charge is 0.328 e. The molecule has 1 atom stereocenters. The molecular formula is C14H19NO4. The highest BCUT2D eigenvalue weighted by atomic mass is 16.5. The van der Waals surface area contributed by atoms with E-state index in [0.29, 0.717) is 24.3 Å². The first-order valence-corrected chi connectivity index (χ1v) is 6.23. The lowest BCUT2D eigenvalue weighted by molar-refractivity contribution is -0.142. The number of benzene rings is 1. The number of nitrogens with one attached hydrogen (secondary N) is 1. The van der Waals surface area contributed by atoms with Crippen molar-refractivity contribution in [3.8, 4) is 5.75 Å². The summed E-state index contributed by atoms with van der Waals surface area (Å²) in [6.07, 6.45) is 0.476. The van der Waals surface area contributed by atoms with Gasteiger partial charge in [-0.25, -0.2) is 4.79 Å². The maximum Gasteiger partial charge on any atom is 0.328 e. The Hall–Kier alpha value is -2.04.